The molecule has 2 heterocycles. The molecule has 0 N–H and O–H groups in total. The molecular formula is C60H37N3O. The number of hydrogen-bond donors (Lipinski definition) is 0. The highest BCUT2D eigenvalue weighted by molar-refractivity contribution is 6.09. The Hall–Kier alpha value is -8.21. The Morgan fingerprint density at radius 1 is 0.406 bits per heavy atom. The first kappa shape index (κ1) is 35.4. The van der Waals surface area contributed by atoms with Crippen molar-refractivity contribution in [2.24, 2.45) is 0 Å². The van der Waals surface area contributed by atoms with Crippen LogP contribution in [0, 0.1) is 0 Å². The molecule has 2 aromatic heterocycles. The molecule has 1 atom stereocenters. The number of para-hydroxylation sites is 1. The minimum atomic E-state index is -0.380. The lowest BCUT2D eigenvalue weighted by molar-refractivity contribution is 0.669. The normalized spacial score (nSPS) is 14.8. The molecule has 4 nitrogen and oxygen atoms in total. The molecule has 4 heteroatoms. The van der Waals surface area contributed by atoms with Gasteiger partial charge in [0.05, 0.1) is 11.0 Å². The van der Waals surface area contributed by atoms with Gasteiger partial charge in [0.2, 0.25) is 0 Å². The molecule has 3 aliphatic rings. The van der Waals surface area contributed by atoms with Gasteiger partial charge in [0.15, 0.2) is 17.5 Å². The number of aromatic nitrogens is 3. The fourth-order valence-corrected chi connectivity index (χ4v) is 11.5. The summed E-state index contributed by atoms with van der Waals surface area (Å²) in [4.78, 5) is 15.1. The number of fused-ring (bicyclic) bond motifs is 17. The molecule has 298 valence electrons. The fourth-order valence-electron chi connectivity index (χ4n) is 11.5. The zero-order chi connectivity index (χ0) is 41.9. The third-order valence-corrected chi connectivity index (χ3v) is 14.2. The van der Waals surface area contributed by atoms with E-state index in [9.17, 15) is 0 Å². The Labute approximate surface area is 370 Å². The summed E-state index contributed by atoms with van der Waals surface area (Å²) in [5.74, 6) is 1.95. The van der Waals surface area contributed by atoms with Gasteiger partial charge in [-0.2, -0.15) is 0 Å². The van der Waals surface area contributed by atoms with Gasteiger partial charge in [-0.25, -0.2) is 15.0 Å². The fraction of sp³-hybridized carbons (Fsp3) is 0.0500. The molecule has 1 unspecified atom stereocenters. The molecule has 0 bridgehead atoms. The van der Waals surface area contributed by atoms with E-state index in [0.29, 0.717) is 17.5 Å². The number of benzene rings is 9. The van der Waals surface area contributed by atoms with E-state index in [1.54, 1.807) is 0 Å². The predicted octanol–water partition coefficient (Wildman–Crippen LogP) is 14.5. The zero-order valence-electron chi connectivity index (χ0n) is 34.7. The Kier molecular flexibility index (Phi) is 7.41. The minimum absolute atomic E-state index is 0.130. The highest BCUT2D eigenvalue weighted by Crippen LogP contribution is 2.64. The van der Waals surface area contributed by atoms with Crippen LogP contribution in [0.4, 0.5) is 0 Å². The summed E-state index contributed by atoms with van der Waals surface area (Å²) < 4.78 is 6.81. The summed E-state index contributed by atoms with van der Waals surface area (Å²) in [6.45, 7) is 0. The summed E-state index contributed by atoms with van der Waals surface area (Å²) in [5, 5.41) is 2.12. The van der Waals surface area contributed by atoms with E-state index in [4.69, 9.17) is 19.4 Å². The first-order valence-electron chi connectivity index (χ1n) is 22.1. The molecule has 9 aromatic carbocycles. The van der Waals surface area contributed by atoms with Crippen molar-refractivity contribution in [1.82, 2.24) is 15.0 Å². The summed E-state index contributed by atoms with van der Waals surface area (Å²) in [7, 11) is 0. The van der Waals surface area contributed by atoms with Crippen LogP contribution in [0.15, 0.2) is 211 Å². The van der Waals surface area contributed by atoms with Crippen molar-refractivity contribution in [3.8, 4) is 67.5 Å². The van der Waals surface area contributed by atoms with Crippen LogP contribution in [0.2, 0.25) is 0 Å². The Balaban J connectivity index is 0.937. The van der Waals surface area contributed by atoms with Gasteiger partial charge in [-0.05, 0) is 96.9 Å². The van der Waals surface area contributed by atoms with Crippen molar-refractivity contribution >= 4 is 21.9 Å². The van der Waals surface area contributed by atoms with Gasteiger partial charge in [0, 0.05) is 27.8 Å². The lowest BCUT2D eigenvalue weighted by atomic mass is 9.69. The maximum atomic E-state index is 6.81. The lowest BCUT2D eigenvalue weighted by Gasteiger charge is -2.33. The molecule has 1 spiro atoms. The number of hydrogen-bond acceptors (Lipinski definition) is 4. The average Bonchev–Trinajstić information content (AvgIpc) is 4.00. The van der Waals surface area contributed by atoms with E-state index in [1.165, 1.54) is 72.3 Å². The largest absolute Gasteiger partial charge is 0.455 e. The summed E-state index contributed by atoms with van der Waals surface area (Å²) >= 11 is 0. The van der Waals surface area contributed by atoms with E-state index in [2.05, 4.69) is 146 Å². The van der Waals surface area contributed by atoms with Crippen LogP contribution in [-0.4, -0.2) is 15.0 Å². The van der Waals surface area contributed by atoms with Gasteiger partial charge in [-0.1, -0.05) is 188 Å². The molecule has 64 heavy (non-hydrogen) atoms. The summed E-state index contributed by atoms with van der Waals surface area (Å²) in [6, 6.07) is 74.6. The van der Waals surface area contributed by atoms with Gasteiger partial charge in [-0.15, -0.1) is 0 Å². The second kappa shape index (κ2) is 13.4. The van der Waals surface area contributed by atoms with Gasteiger partial charge in [-0.3, -0.25) is 0 Å². The van der Waals surface area contributed by atoms with Crippen LogP contribution in [-0.2, 0) is 11.8 Å². The average molecular weight is 816 g/mol. The summed E-state index contributed by atoms with van der Waals surface area (Å²) in [6.07, 6.45) is 0.880. The van der Waals surface area contributed by atoms with Gasteiger partial charge >= 0.3 is 0 Å². The van der Waals surface area contributed by atoms with Gasteiger partial charge < -0.3 is 4.42 Å². The van der Waals surface area contributed by atoms with E-state index in [0.717, 1.165) is 45.0 Å². The standard InChI is InChI=1S/C60H37N3O/c1-3-16-36(17-4-1)57-61-58(37-18-5-2-6-19-37)63-59(62-57)46-26-15-25-44-48-34-38(30-33-54(48)64-56(44)46)47-35-49-41(39-20-7-8-21-40(39)47)31-32-53-55(49)45-24-11-14-29-52(45)60(53)50-27-12-9-22-42(50)43-23-10-13-28-51(43)60/h1-34,47H,35H2. The molecule has 0 radical (unpaired) electrons. The maximum Gasteiger partial charge on any atom is 0.167 e. The predicted molar refractivity (Wildman–Crippen MR) is 257 cm³/mol. The number of rotatable bonds is 4. The smallest absolute Gasteiger partial charge is 0.167 e. The Morgan fingerprint density at radius 3 is 1.66 bits per heavy atom. The van der Waals surface area contributed by atoms with Gasteiger partial charge in [0.1, 0.15) is 11.2 Å². The van der Waals surface area contributed by atoms with Crippen LogP contribution >= 0.6 is 0 Å². The molecule has 0 saturated carbocycles. The summed E-state index contributed by atoms with van der Waals surface area (Å²) in [5.41, 5.74) is 21.5. The van der Waals surface area contributed by atoms with Crippen molar-refractivity contribution in [3.05, 3.63) is 245 Å². The molecule has 0 fully saturated rings. The van der Waals surface area contributed by atoms with Crippen molar-refractivity contribution in [1.29, 1.82) is 0 Å². The highest BCUT2D eigenvalue weighted by Gasteiger charge is 2.52. The van der Waals surface area contributed by atoms with E-state index >= 15 is 0 Å². The van der Waals surface area contributed by atoms with Crippen molar-refractivity contribution < 1.29 is 4.42 Å². The Morgan fingerprint density at radius 2 is 0.969 bits per heavy atom. The molecule has 14 rings (SSSR count). The van der Waals surface area contributed by atoms with Gasteiger partial charge in [0.25, 0.3) is 0 Å². The SMILES string of the molecule is c1ccc(-c2nc(-c3ccccc3)nc(-c3cccc4c3oc3ccc(C5Cc6c(ccc7c6-c6ccccc6C76c7ccccc7-c7ccccc76)-c6ccccc65)cc34)n2)cc1. The van der Waals surface area contributed by atoms with Crippen molar-refractivity contribution in [2.75, 3.05) is 0 Å². The number of furan rings is 1. The van der Waals surface area contributed by atoms with Crippen LogP contribution < -0.4 is 0 Å². The number of nitrogens with zero attached hydrogens (tertiary/aromatic N) is 3. The third-order valence-electron chi connectivity index (χ3n) is 14.2. The first-order chi connectivity index (χ1) is 31.7. The molecule has 0 amide bonds. The Bertz CT molecular complexity index is 3610. The second-order valence-electron chi connectivity index (χ2n) is 17.3. The van der Waals surface area contributed by atoms with Crippen LogP contribution in [0.1, 0.15) is 44.9 Å². The molecule has 3 aliphatic carbocycles. The monoisotopic (exact) mass is 815 g/mol. The molecule has 11 aromatic rings. The molecule has 0 saturated heterocycles. The molecule has 0 aliphatic heterocycles. The van der Waals surface area contributed by atoms with Crippen LogP contribution in [0.3, 0.4) is 0 Å². The highest BCUT2D eigenvalue weighted by atomic mass is 16.3. The molecular weight excluding hydrogens is 779 g/mol. The second-order valence-corrected chi connectivity index (χ2v) is 17.3. The van der Waals surface area contributed by atoms with Crippen molar-refractivity contribution in [3.63, 3.8) is 0 Å². The van der Waals surface area contributed by atoms with E-state index in [-0.39, 0.29) is 11.3 Å². The maximum absolute atomic E-state index is 6.81. The van der Waals surface area contributed by atoms with Crippen LogP contribution in [0.5, 0.6) is 0 Å². The zero-order valence-corrected chi connectivity index (χ0v) is 34.7. The quantitative estimate of drug-likeness (QED) is 0.178. The van der Waals surface area contributed by atoms with E-state index < -0.39 is 0 Å². The lowest BCUT2D eigenvalue weighted by Crippen LogP contribution is -2.26. The minimum Gasteiger partial charge on any atom is -0.455 e. The van der Waals surface area contributed by atoms with Crippen LogP contribution in [0.25, 0.3) is 89.5 Å². The topological polar surface area (TPSA) is 51.8 Å². The van der Waals surface area contributed by atoms with Crippen molar-refractivity contribution in [2.45, 2.75) is 17.8 Å². The first-order valence-corrected chi connectivity index (χ1v) is 22.1. The third kappa shape index (κ3) is 4.85. The van der Waals surface area contributed by atoms with E-state index in [1.807, 2.05) is 60.7 Å².